The zero-order valence-corrected chi connectivity index (χ0v) is 8.55. The van der Waals surface area contributed by atoms with Crippen LogP contribution in [0.1, 0.15) is 17.7 Å². The number of fused-ring (bicyclic) bond motifs is 1. The highest BCUT2D eigenvalue weighted by molar-refractivity contribution is 5.25. The van der Waals surface area contributed by atoms with E-state index in [1.165, 1.54) is 17.7 Å². The van der Waals surface area contributed by atoms with Crippen LogP contribution in [0.5, 0.6) is 0 Å². The Hall–Kier alpha value is -1.09. The molecule has 3 heteroatoms. The van der Waals surface area contributed by atoms with E-state index < -0.39 is 0 Å². The second-order valence-corrected chi connectivity index (χ2v) is 3.75. The molecule has 1 heterocycles. The van der Waals surface area contributed by atoms with Crippen LogP contribution in [-0.2, 0) is 19.4 Å². The molecule has 76 valence electrons. The normalized spacial score (nSPS) is 14.4. The molecule has 14 heavy (non-hydrogen) atoms. The largest absolute Gasteiger partial charge is 0.318 e. The summed E-state index contributed by atoms with van der Waals surface area (Å²) < 4.78 is 1.92. The van der Waals surface area contributed by atoms with Crippen molar-refractivity contribution in [2.24, 2.45) is 0 Å². The lowest BCUT2D eigenvalue weighted by atomic mass is 10.2. The molecule has 3 nitrogen and oxygen atoms in total. The van der Waals surface area contributed by atoms with E-state index in [1.54, 1.807) is 6.07 Å². The first-order valence-electron chi connectivity index (χ1n) is 5.19. The summed E-state index contributed by atoms with van der Waals surface area (Å²) in [6.07, 6.45) is 3.39. The Morgan fingerprint density at radius 2 is 2.29 bits per heavy atom. The van der Waals surface area contributed by atoms with Crippen LogP contribution in [0.3, 0.4) is 0 Å². The molecule has 1 N–H and O–H groups in total. The second kappa shape index (κ2) is 3.96. The van der Waals surface area contributed by atoms with Crippen molar-refractivity contribution in [3.63, 3.8) is 0 Å². The third-order valence-corrected chi connectivity index (χ3v) is 2.83. The van der Waals surface area contributed by atoms with Crippen molar-refractivity contribution in [1.29, 1.82) is 0 Å². The van der Waals surface area contributed by atoms with E-state index >= 15 is 0 Å². The first-order valence-corrected chi connectivity index (χ1v) is 5.19. The maximum absolute atomic E-state index is 11.6. The molecule has 1 aliphatic carbocycles. The van der Waals surface area contributed by atoms with Crippen LogP contribution in [0, 0.1) is 0 Å². The molecular weight excluding hydrogens is 176 g/mol. The monoisotopic (exact) mass is 192 g/mol. The summed E-state index contributed by atoms with van der Waals surface area (Å²) in [4.78, 5) is 11.6. The fourth-order valence-electron chi connectivity index (χ4n) is 2.10. The lowest BCUT2D eigenvalue weighted by Crippen LogP contribution is -2.27. The van der Waals surface area contributed by atoms with Crippen LogP contribution in [-0.4, -0.2) is 18.2 Å². The van der Waals surface area contributed by atoms with Gasteiger partial charge in [0.1, 0.15) is 0 Å². The van der Waals surface area contributed by atoms with Crippen molar-refractivity contribution < 1.29 is 0 Å². The highest BCUT2D eigenvalue weighted by atomic mass is 16.1. The van der Waals surface area contributed by atoms with Crippen molar-refractivity contribution in [3.05, 3.63) is 33.7 Å². The fourth-order valence-corrected chi connectivity index (χ4v) is 2.10. The molecule has 1 aliphatic rings. The molecule has 0 fully saturated rings. The van der Waals surface area contributed by atoms with Crippen molar-refractivity contribution >= 4 is 0 Å². The van der Waals surface area contributed by atoms with Crippen LogP contribution in [0.25, 0.3) is 0 Å². The van der Waals surface area contributed by atoms with Crippen molar-refractivity contribution in [2.45, 2.75) is 25.8 Å². The van der Waals surface area contributed by atoms with Gasteiger partial charge in [0.25, 0.3) is 5.56 Å². The molecule has 0 atom stereocenters. The average Bonchev–Trinajstić information content (AvgIpc) is 2.64. The molecule has 1 aromatic heterocycles. The van der Waals surface area contributed by atoms with Gasteiger partial charge in [0, 0.05) is 24.8 Å². The van der Waals surface area contributed by atoms with Crippen LogP contribution in [0.15, 0.2) is 16.9 Å². The standard InChI is InChI=1S/C11H16N2O/c1-12-7-8-13-10-4-2-3-9(10)5-6-11(13)14/h5-6,12H,2-4,7-8H2,1H3. The SMILES string of the molecule is CNCCn1c2c(ccc1=O)CCC2. The molecule has 1 aromatic rings. The number of likely N-dealkylation sites (N-methyl/N-ethyl adjacent to an activating group) is 1. The van der Waals surface area contributed by atoms with E-state index in [9.17, 15) is 4.79 Å². The summed E-state index contributed by atoms with van der Waals surface area (Å²) >= 11 is 0. The van der Waals surface area contributed by atoms with E-state index in [0.717, 1.165) is 25.9 Å². The van der Waals surface area contributed by atoms with E-state index in [-0.39, 0.29) is 5.56 Å². The number of nitrogens with zero attached hydrogens (tertiary/aromatic N) is 1. The van der Waals surface area contributed by atoms with Crippen LogP contribution >= 0.6 is 0 Å². The van der Waals surface area contributed by atoms with Gasteiger partial charge in [-0.05, 0) is 31.9 Å². The van der Waals surface area contributed by atoms with Crippen molar-refractivity contribution in [2.75, 3.05) is 13.6 Å². The first-order chi connectivity index (χ1) is 6.83. The van der Waals surface area contributed by atoms with E-state index in [0.29, 0.717) is 0 Å². The summed E-state index contributed by atoms with van der Waals surface area (Å²) in [5.41, 5.74) is 2.76. The Morgan fingerprint density at radius 1 is 1.43 bits per heavy atom. The first kappa shape index (κ1) is 9.46. The smallest absolute Gasteiger partial charge is 0.250 e. The number of hydrogen-bond donors (Lipinski definition) is 1. The van der Waals surface area contributed by atoms with Gasteiger partial charge >= 0.3 is 0 Å². The van der Waals surface area contributed by atoms with Gasteiger partial charge in [0.2, 0.25) is 0 Å². The quantitative estimate of drug-likeness (QED) is 0.759. The zero-order chi connectivity index (χ0) is 9.97. The number of nitrogens with one attached hydrogen (secondary N) is 1. The Bertz CT molecular complexity index is 381. The highest BCUT2D eigenvalue weighted by Crippen LogP contribution is 2.19. The zero-order valence-electron chi connectivity index (χ0n) is 8.55. The summed E-state index contributed by atoms with van der Waals surface area (Å²) in [5, 5.41) is 3.07. The summed E-state index contributed by atoms with van der Waals surface area (Å²) in [7, 11) is 1.91. The molecule has 0 amide bonds. The average molecular weight is 192 g/mol. The van der Waals surface area contributed by atoms with Gasteiger partial charge in [-0.25, -0.2) is 0 Å². The highest BCUT2D eigenvalue weighted by Gasteiger charge is 2.14. The molecule has 0 aliphatic heterocycles. The molecule has 0 saturated carbocycles. The van der Waals surface area contributed by atoms with Gasteiger partial charge in [0.05, 0.1) is 0 Å². The summed E-state index contributed by atoms with van der Waals surface area (Å²) in [6, 6.07) is 3.68. The number of aryl methyl sites for hydroxylation is 1. The number of aromatic nitrogens is 1. The Balaban J connectivity index is 2.36. The Morgan fingerprint density at radius 3 is 3.07 bits per heavy atom. The predicted molar refractivity (Wildman–Crippen MR) is 56.7 cm³/mol. The minimum absolute atomic E-state index is 0.140. The maximum atomic E-state index is 11.6. The van der Waals surface area contributed by atoms with Gasteiger partial charge in [-0.3, -0.25) is 4.79 Å². The van der Waals surface area contributed by atoms with Gasteiger partial charge < -0.3 is 9.88 Å². The van der Waals surface area contributed by atoms with Gasteiger partial charge in [-0.15, -0.1) is 0 Å². The van der Waals surface area contributed by atoms with E-state index in [4.69, 9.17) is 0 Å². The van der Waals surface area contributed by atoms with Crippen molar-refractivity contribution in [3.8, 4) is 0 Å². The van der Waals surface area contributed by atoms with E-state index in [1.807, 2.05) is 17.7 Å². The van der Waals surface area contributed by atoms with Gasteiger partial charge in [0.15, 0.2) is 0 Å². The van der Waals surface area contributed by atoms with Crippen LogP contribution < -0.4 is 10.9 Å². The molecule has 0 aromatic carbocycles. The molecule has 0 unspecified atom stereocenters. The number of pyridine rings is 1. The third kappa shape index (κ3) is 1.60. The second-order valence-electron chi connectivity index (χ2n) is 3.75. The topological polar surface area (TPSA) is 34.0 Å². The minimum Gasteiger partial charge on any atom is -0.318 e. The maximum Gasteiger partial charge on any atom is 0.250 e. The Kier molecular flexibility index (Phi) is 2.68. The third-order valence-electron chi connectivity index (χ3n) is 2.83. The number of rotatable bonds is 3. The van der Waals surface area contributed by atoms with Crippen molar-refractivity contribution in [1.82, 2.24) is 9.88 Å². The van der Waals surface area contributed by atoms with Crippen LogP contribution in [0.2, 0.25) is 0 Å². The molecular formula is C11H16N2O. The Labute approximate surface area is 83.8 Å². The molecule has 0 bridgehead atoms. The lowest BCUT2D eigenvalue weighted by molar-refractivity contribution is 0.603. The molecule has 2 rings (SSSR count). The van der Waals surface area contributed by atoms with Gasteiger partial charge in [-0.2, -0.15) is 0 Å². The molecule has 0 radical (unpaired) electrons. The molecule has 0 spiro atoms. The van der Waals surface area contributed by atoms with E-state index in [2.05, 4.69) is 5.32 Å². The predicted octanol–water partition coefficient (Wildman–Crippen LogP) is 0.556. The van der Waals surface area contributed by atoms with Crippen LogP contribution in [0.4, 0.5) is 0 Å². The minimum atomic E-state index is 0.140. The fraction of sp³-hybridized carbons (Fsp3) is 0.545. The summed E-state index contributed by atoms with van der Waals surface area (Å²) in [6.45, 7) is 1.65. The van der Waals surface area contributed by atoms with Gasteiger partial charge in [-0.1, -0.05) is 6.07 Å². The number of hydrogen-bond acceptors (Lipinski definition) is 2. The molecule has 0 saturated heterocycles. The summed E-state index contributed by atoms with van der Waals surface area (Å²) in [5.74, 6) is 0. The lowest BCUT2D eigenvalue weighted by Gasteiger charge is -2.10.